The van der Waals surface area contributed by atoms with Gasteiger partial charge in [0.15, 0.2) is 0 Å². The van der Waals surface area contributed by atoms with Crippen LogP contribution in [0, 0.1) is 17.8 Å². The average Bonchev–Trinajstić information content (AvgIpc) is 2.90. The molecule has 0 aromatic heterocycles. The molecule has 2 rings (SSSR count). The number of carbonyl (C=O) groups excluding carboxylic acids is 1. The summed E-state index contributed by atoms with van der Waals surface area (Å²) < 4.78 is 0. The molecule has 0 aliphatic heterocycles. The quantitative estimate of drug-likeness (QED) is 0.789. The zero-order chi connectivity index (χ0) is 13.3. The van der Waals surface area contributed by atoms with Crippen LogP contribution < -0.4 is 11.1 Å². The van der Waals surface area contributed by atoms with E-state index in [2.05, 4.69) is 19.2 Å². The number of amides is 1. The molecule has 2 aliphatic rings. The normalized spacial score (nSPS) is 35.2. The Morgan fingerprint density at radius 2 is 2.17 bits per heavy atom. The smallest absolute Gasteiger partial charge is 0.240 e. The summed E-state index contributed by atoms with van der Waals surface area (Å²) in [7, 11) is 0. The Kier molecular flexibility index (Phi) is 4.00. The predicted molar refractivity (Wildman–Crippen MR) is 74.0 cm³/mol. The number of fused-ring (bicyclic) bond motifs is 2. The molecule has 5 unspecified atom stereocenters. The fourth-order valence-electron chi connectivity index (χ4n) is 4.02. The van der Waals surface area contributed by atoms with Crippen LogP contribution in [0.2, 0.25) is 0 Å². The molecule has 0 spiro atoms. The summed E-state index contributed by atoms with van der Waals surface area (Å²) in [4.78, 5) is 12.2. The first kappa shape index (κ1) is 13.9. The minimum atomic E-state index is -0.708. The molecule has 2 bridgehead atoms. The van der Waals surface area contributed by atoms with E-state index in [1.807, 2.05) is 6.92 Å². The molecule has 0 aromatic rings. The van der Waals surface area contributed by atoms with Gasteiger partial charge in [0.05, 0.1) is 5.54 Å². The van der Waals surface area contributed by atoms with Crippen LogP contribution in [-0.4, -0.2) is 17.5 Å². The van der Waals surface area contributed by atoms with Gasteiger partial charge in [-0.3, -0.25) is 4.79 Å². The molecule has 18 heavy (non-hydrogen) atoms. The Hall–Kier alpha value is -0.570. The van der Waals surface area contributed by atoms with Crippen LogP contribution in [0.3, 0.4) is 0 Å². The SMILES string of the molecule is CCCC(C)(N)C(=O)NC(C)C1CC2CCC1C2. The lowest BCUT2D eigenvalue weighted by Crippen LogP contribution is -2.55. The second-order valence-electron chi connectivity index (χ2n) is 6.77. The molecule has 1 amide bonds. The average molecular weight is 252 g/mol. The summed E-state index contributed by atoms with van der Waals surface area (Å²) in [5, 5.41) is 3.17. The molecule has 2 saturated carbocycles. The maximum absolute atomic E-state index is 12.2. The molecule has 0 heterocycles. The zero-order valence-corrected chi connectivity index (χ0v) is 12.0. The predicted octanol–water partition coefficient (Wildman–Crippen LogP) is 2.44. The van der Waals surface area contributed by atoms with Gasteiger partial charge in [-0.25, -0.2) is 0 Å². The highest BCUT2D eigenvalue weighted by Crippen LogP contribution is 2.49. The van der Waals surface area contributed by atoms with E-state index in [1.165, 1.54) is 25.7 Å². The summed E-state index contributed by atoms with van der Waals surface area (Å²) >= 11 is 0. The highest BCUT2D eigenvalue weighted by atomic mass is 16.2. The van der Waals surface area contributed by atoms with E-state index in [4.69, 9.17) is 5.73 Å². The van der Waals surface area contributed by atoms with E-state index in [9.17, 15) is 4.79 Å². The fraction of sp³-hybridized carbons (Fsp3) is 0.933. The molecule has 0 aromatic carbocycles. The maximum Gasteiger partial charge on any atom is 0.240 e. The van der Waals surface area contributed by atoms with Crippen molar-refractivity contribution in [1.82, 2.24) is 5.32 Å². The summed E-state index contributed by atoms with van der Waals surface area (Å²) in [5.41, 5.74) is 5.37. The number of rotatable bonds is 5. The third kappa shape index (κ3) is 2.71. The highest BCUT2D eigenvalue weighted by Gasteiger charge is 2.42. The molecule has 0 radical (unpaired) electrons. The van der Waals surface area contributed by atoms with Crippen molar-refractivity contribution in [3.63, 3.8) is 0 Å². The molecule has 3 heteroatoms. The Balaban J connectivity index is 1.87. The summed E-state index contributed by atoms with van der Waals surface area (Å²) in [6.07, 6.45) is 7.17. The molecule has 2 aliphatic carbocycles. The number of nitrogens with one attached hydrogen (secondary N) is 1. The lowest BCUT2D eigenvalue weighted by Gasteiger charge is -2.31. The van der Waals surface area contributed by atoms with Crippen LogP contribution in [0.25, 0.3) is 0 Å². The first-order valence-corrected chi connectivity index (χ1v) is 7.54. The van der Waals surface area contributed by atoms with Crippen molar-refractivity contribution < 1.29 is 4.79 Å². The first-order chi connectivity index (χ1) is 8.44. The summed E-state index contributed by atoms with van der Waals surface area (Å²) in [5.74, 6) is 2.49. The van der Waals surface area contributed by atoms with E-state index in [-0.39, 0.29) is 11.9 Å². The monoisotopic (exact) mass is 252 g/mol. The van der Waals surface area contributed by atoms with E-state index < -0.39 is 5.54 Å². The Labute approximate surface area is 111 Å². The Bertz CT molecular complexity index is 314. The Morgan fingerprint density at radius 1 is 1.44 bits per heavy atom. The van der Waals surface area contributed by atoms with Gasteiger partial charge < -0.3 is 11.1 Å². The van der Waals surface area contributed by atoms with Crippen molar-refractivity contribution in [2.45, 2.75) is 70.9 Å². The van der Waals surface area contributed by atoms with E-state index in [0.717, 1.165) is 24.7 Å². The van der Waals surface area contributed by atoms with Crippen molar-refractivity contribution in [1.29, 1.82) is 0 Å². The molecular weight excluding hydrogens is 224 g/mol. The van der Waals surface area contributed by atoms with E-state index in [1.54, 1.807) is 0 Å². The minimum absolute atomic E-state index is 0.0274. The van der Waals surface area contributed by atoms with Gasteiger partial charge in [-0.15, -0.1) is 0 Å². The van der Waals surface area contributed by atoms with Crippen molar-refractivity contribution in [3.8, 4) is 0 Å². The van der Waals surface area contributed by atoms with Gasteiger partial charge >= 0.3 is 0 Å². The molecule has 5 atom stereocenters. The van der Waals surface area contributed by atoms with E-state index in [0.29, 0.717) is 5.92 Å². The molecule has 3 nitrogen and oxygen atoms in total. The third-order valence-electron chi connectivity index (χ3n) is 5.08. The van der Waals surface area contributed by atoms with Crippen molar-refractivity contribution in [2.75, 3.05) is 0 Å². The van der Waals surface area contributed by atoms with E-state index >= 15 is 0 Å². The number of hydrogen-bond donors (Lipinski definition) is 2. The van der Waals surface area contributed by atoms with Crippen LogP contribution in [0.5, 0.6) is 0 Å². The summed E-state index contributed by atoms with van der Waals surface area (Å²) in [6.45, 7) is 6.07. The van der Waals surface area contributed by atoms with Gasteiger partial charge in [-0.2, -0.15) is 0 Å². The minimum Gasteiger partial charge on any atom is -0.352 e. The van der Waals surface area contributed by atoms with Crippen LogP contribution in [0.1, 0.15) is 59.3 Å². The van der Waals surface area contributed by atoms with Gasteiger partial charge in [-0.1, -0.05) is 19.8 Å². The molecule has 2 fully saturated rings. The molecule has 104 valence electrons. The Morgan fingerprint density at radius 3 is 2.67 bits per heavy atom. The van der Waals surface area contributed by atoms with Crippen molar-refractivity contribution in [2.24, 2.45) is 23.5 Å². The lowest BCUT2D eigenvalue weighted by atomic mass is 9.83. The van der Waals surface area contributed by atoms with Crippen LogP contribution in [0.4, 0.5) is 0 Å². The maximum atomic E-state index is 12.2. The standard InChI is InChI=1S/C15H28N2O/c1-4-7-15(3,16)14(18)17-10(2)13-9-11-5-6-12(13)8-11/h10-13H,4-9,16H2,1-3H3,(H,17,18). The van der Waals surface area contributed by atoms with Crippen molar-refractivity contribution in [3.05, 3.63) is 0 Å². The van der Waals surface area contributed by atoms with Crippen LogP contribution in [-0.2, 0) is 4.79 Å². The first-order valence-electron chi connectivity index (χ1n) is 7.54. The number of nitrogens with two attached hydrogens (primary N) is 1. The molecule has 3 N–H and O–H groups in total. The van der Waals surface area contributed by atoms with Gasteiger partial charge in [0.2, 0.25) is 5.91 Å². The van der Waals surface area contributed by atoms with Crippen molar-refractivity contribution >= 4 is 5.91 Å². The number of carbonyl (C=O) groups is 1. The number of hydrogen-bond acceptors (Lipinski definition) is 2. The zero-order valence-electron chi connectivity index (χ0n) is 12.0. The second kappa shape index (κ2) is 5.20. The fourth-order valence-corrected chi connectivity index (χ4v) is 4.02. The van der Waals surface area contributed by atoms with Gasteiger partial charge in [-0.05, 0) is 57.3 Å². The topological polar surface area (TPSA) is 55.1 Å². The third-order valence-corrected chi connectivity index (χ3v) is 5.08. The highest BCUT2D eigenvalue weighted by molar-refractivity contribution is 5.85. The van der Waals surface area contributed by atoms with Gasteiger partial charge in [0.25, 0.3) is 0 Å². The van der Waals surface area contributed by atoms with Crippen LogP contribution in [0.15, 0.2) is 0 Å². The molecule has 0 saturated heterocycles. The van der Waals surface area contributed by atoms with Crippen LogP contribution >= 0.6 is 0 Å². The van der Waals surface area contributed by atoms with Gasteiger partial charge in [0, 0.05) is 6.04 Å². The second-order valence-corrected chi connectivity index (χ2v) is 6.77. The van der Waals surface area contributed by atoms with Gasteiger partial charge in [0.1, 0.15) is 0 Å². The lowest BCUT2D eigenvalue weighted by molar-refractivity contribution is -0.127. The largest absolute Gasteiger partial charge is 0.352 e. The molecular formula is C15H28N2O. The summed E-state index contributed by atoms with van der Waals surface area (Å²) in [6, 6.07) is 0.285.